The summed E-state index contributed by atoms with van der Waals surface area (Å²) in [6.07, 6.45) is 0. The van der Waals surface area contributed by atoms with Gasteiger partial charge in [-0.05, 0) is 12.1 Å². The Bertz CT molecular complexity index is 821. The standard InChI is InChI=1S/C16H12O2S8/c1-17-7-3-4-8(18-2)10-9(7)21-13-14(22-10)26-16(25-13)15-23-11-12(24-15)20-6-5-19-11/h3-4H,5-6H2,1-2H3. The SMILES string of the molecule is COc1ccc(OC)c2c1SC1=C(SC(=C3SC4=C(SCCS4)S3)S1)S2. The van der Waals surface area contributed by atoms with Gasteiger partial charge in [0.05, 0.1) is 49.4 Å². The molecule has 2 nitrogen and oxygen atoms in total. The fraction of sp³-hybridized carbons (Fsp3) is 0.250. The minimum atomic E-state index is 0.922. The van der Waals surface area contributed by atoms with Crippen LogP contribution in [-0.2, 0) is 0 Å². The maximum absolute atomic E-state index is 5.59. The van der Waals surface area contributed by atoms with E-state index in [2.05, 4.69) is 0 Å². The number of rotatable bonds is 2. The van der Waals surface area contributed by atoms with Crippen molar-refractivity contribution < 1.29 is 9.47 Å². The molecule has 4 heterocycles. The highest BCUT2D eigenvalue weighted by atomic mass is 32.3. The number of methoxy groups -OCH3 is 2. The molecule has 0 aliphatic carbocycles. The molecule has 0 aromatic heterocycles. The van der Waals surface area contributed by atoms with E-state index in [1.807, 2.05) is 106 Å². The van der Waals surface area contributed by atoms with Crippen LogP contribution in [0, 0.1) is 0 Å². The maximum atomic E-state index is 5.59. The van der Waals surface area contributed by atoms with Gasteiger partial charge in [-0.15, -0.1) is 23.5 Å². The van der Waals surface area contributed by atoms with Crippen LogP contribution in [0.2, 0.25) is 0 Å². The molecule has 1 aromatic rings. The maximum Gasteiger partial charge on any atom is 0.134 e. The van der Waals surface area contributed by atoms with Crippen LogP contribution in [0.1, 0.15) is 0 Å². The predicted molar refractivity (Wildman–Crippen MR) is 128 cm³/mol. The third-order valence-electron chi connectivity index (χ3n) is 3.66. The van der Waals surface area contributed by atoms with E-state index in [0.717, 1.165) is 11.5 Å². The lowest BCUT2D eigenvalue weighted by Gasteiger charge is -2.20. The van der Waals surface area contributed by atoms with Crippen LogP contribution in [-0.4, -0.2) is 25.7 Å². The van der Waals surface area contributed by atoms with Gasteiger partial charge in [0.2, 0.25) is 0 Å². The number of benzene rings is 1. The molecule has 4 aliphatic heterocycles. The van der Waals surface area contributed by atoms with Crippen LogP contribution in [0.5, 0.6) is 11.5 Å². The van der Waals surface area contributed by atoms with Crippen LogP contribution >= 0.6 is 94.1 Å². The summed E-state index contributed by atoms with van der Waals surface area (Å²) in [5, 5.41) is 0. The zero-order valence-electron chi connectivity index (χ0n) is 13.7. The third kappa shape index (κ3) is 3.36. The molecule has 0 bridgehead atoms. The molecule has 0 N–H and O–H groups in total. The largest absolute Gasteiger partial charge is 0.496 e. The Morgan fingerprint density at radius 2 is 0.962 bits per heavy atom. The summed E-state index contributed by atoms with van der Waals surface area (Å²) in [6, 6.07) is 4.00. The minimum absolute atomic E-state index is 0.922. The summed E-state index contributed by atoms with van der Waals surface area (Å²) in [7, 11) is 3.47. The molecule has 26 heavy (non-hydrogen) atoms. The van der Waals surface area contributed by atoms with Crippen LogP contribution in [0.3, 0.4) is 0 Å². The number of hydrogen-bond acceptors (Lipinski definition) is 10. The molecule has 0 radical (unpaired) electrons. The van der Waals surface area contributed by atoms with Gasteiger partial charge in [0.1, 0.15) is 11.5 Å². The quantitative estimate of drug-likeness (QED) is 0.406. The monoisotopic (exact) mass is 492 g/mol. The molecule has 0 saturated heterocycles. The van der Waals surface area contributed by atoms with Gasteiger partial charge in [-0.3, -0.25) is 0 Å². The lowest BCUT2D eigenvalue weighted by atomic mass is 10.3. The second-order valence-corrected chi connectivity index (χ2v) is 15.0. The van der Waals surface area contributed by atoms with Crippen molar-refractivity contribution in [3.8, 4) is 11.5 Å². The van der Waals surface area contributed by atoms with Crippen LogP contribution in [0.4, 0.5) is 0 Å². The van der Waals surface area contributed by atoms with E-state index < -0.39 is 0 Å². The topological polar surface area (TPSA) is 18.5 Å². The third-order valence-corrected chi connectivity index (χ3v) is 15.7. The highest BCUT2D eigenvalue weighted by Crippen LogP contribution is 2.70. The molecule has 136 valence electrons. The van der Waals surface area contributed by atoms with E-state index in [4.69, 9.17) is 9.47 Å². The first-order chi connectivity index (χ1) is 12.8. The van der Waals surface area contributed by atoms with Gasteiger partial charge < -0.3 is 9.47 Å². The first-order valence-electron chi connectivity index (χ1n) is 7.57. The highest BCUT2D eigenvalue weighted by molar-refractivity contribution is 8.45. The van der Waals surface area contributed by atoms with Gasteiger partial charge in [-0.1, -0.05) is 70.6 Å². The van der Waals surface area contributed by atoms with Crippen molar-refractivity contribution in [2.24, 2.45) is 0 Å². The zero-order chi connectivity index (χ0) is 17.7. The molecule has 0 saturated carbocycles. The van der Waals surface area contributed by atoms with E-state index in [-0.39, 0.29) is 0 Å². The first kappa shape index (κ1) is 18.8. The van der Waals surface area contributed by atoms with Gasteiger partial charge in [-0.2, -0.15) is 0 Å². The predicted octanol–water partition coefficient (Wildman–Crippen LogP) is 7.72. The molecule has 4 aliphatic rings. The van der Waals surface area contributed by atoms with Gasteiger partial charge in [0, 0.05) is 11.5 Å². The smallest absolute Gasteiger partial charge is 0.134 e. The second-order valence-electron chi connectivity index (χ2n) is 5.16. The zero-order valence-corrected chi connectivity index (χ0v) is 20.2. The van der Waals surface area contributed by atoms with Gasteiger partial charge >= 0.3 is 0 Å². The molecule has 1 aromatic carbocycles. The van der Waals surface area contributed by atoms with E-state index in [1.54, 1.807) is 14.2 Å². The average Bonchev–Trinajstić information content (AvgIpc) is 3.28. The summed E-state index contributed by atoms with van der Waals surface area (Å²) in [5.74, 6) is 4.31. The fourth-order valence-corrected chi connectivity index (χ4v) is 14.8. The number of hydrogen-bond donors (Lipinski definition) is 0. The van der Waals surface area contributed by atoms with Gasteiger partial charge in [-0.25, -0.2) is 0 Å². The normalized spacial score (nSPS) is 21.8. The van der Waals surface area contributed by atoms with Crippen LogP contribution in [0.25, 0.3) is 0 Å². The minimum Gasteiger partial charge on any atom is -0.496 e. The van der Waals surface area contributed by atoms with E-state index >= 15 is 0 Å². The van der Waals surface area contributed by atoms with Gasteiger partial charge in [0.15, 0.2) is 0 Å². The summed E-state index contributed by atoms with van der Waals surface area (Å²) in [6.45, 7) is 0. The van der Waals surface area contributed by atoms with Crippen molar-refractivity contribution in [2.75, 3.05) is 25.7 Å². The lowest BCUT2D eigenvalue weighted by molar-refractivity contribution is 0.384. The number of fused-ring (bicyclic) bond motifs is 1. The molecular formula is C16H12O2S8. The van der Waals surface area contributed by atoms with Crippen molar-refractivity contribution in [2.45, 2.75) is 9.79 Å². The van der Waals surface area contributed by atoms with E-state index in [9.17, 15) is 0 Å². The Morgan fingerprint density at radius 3 is 1.38 bits per heavy atom. The molecule has 0 atom stereocenters. The molecule has 0 fully saturated rings. The Hall–Kier alpha value is 0.840. The number of ether oxygens (including phenoxy) is 2. The lowest BCUT2D eigenvalue weighted by Crippen LogP contribution is -1.95. The van der Waals surface area contributed by atoms with Crippen molar-refractivity contribution in [1.29, 1.82) is 0 Å². The average molecular weight is 493 g/mol. The molecule has 0 amide bonds. The van der Waals surface area contributed by atoms with Crippen molar-refractivity contribution in [1.82, 2.24) is 0 Å². The molecule has 0 spiro atoms. The Balaban J connectivity index is 1.42. The second kappa shape index (κ2) is 7.93. The van der Waals surface area contributed by atoms with Crippen molar-refractivity contribution in [3.05, 3.63) is 37.6 Å². The van der Waals surface area contributed by atoms with Crippen molar-refractivity contribution >= 4 is 94.1 Å². The van der Waals surface area contributed by atoms with Crippen molar-refractivity contribution in [3.63, 3.8) is 0 Å². The molecule has 10 heteroatoms. The Labute approximate surface area is 186 Å². The summed E-state index contributed by atoms with van der Waals surface area (Å²) < 4.78 is 19.8. The van der Waals surface area contributed by atoms with E-state index in [0.29, 0.717) is 0 Å². The molecule has 0 unspecified atom stereocenters. The first-order valence-corrected chi connectivity index (χ1v) is 14.4. The summed E-state index contributed by atoms with van der Waals surface area (Å²) in [4.78, 5) is 2.34. The summed E-state index contributed by atoms with van der Waals surface area (Å²) in [5.41, 5.74) is 0. The van der Waals surface area contributed by atoms with Crippen LogP contribution in [0.15, 0.2) is 47.3 Å². The summed E-state index contributed by atoms with van der Waals surface area (Å²) >= 11 is 15.4. The Morgan fingerprint density at radius 1 is 0.577 bits per heavy atom. The molecular weight excluding hydrogens is 481 g/mol. The number of thioether (sulfide) groups is 8. The van der Waals surface area contributed by atoms with E-state index in [1.165, 1.54) is 46.7 Å². The highest BCUT2D eigenvalue weighted by Gasteiger charge is 2.36. The molecule has 5 rings (SSSR count). The Kier molecular flexibility index (Phi) is 5.75. The van der Waals surface area contributed by atoms with Crippen LogP contribution < -0.4 is 9.47 Å². The van der Waals surface area contributed by atoms with Gasteiger partial charge in [0.25, 0.3) is 0 Å². The fourth-order valence-electron chi connectivity index (χ4n) is 2.51.